The van der Waals surface area contributed by atoms with Crippen molar-refractivity contribution in [2.75, 3.05) is 7.05 Å². The average molecular weight is 284 g/mol. The van der Waals surface area contributed by atoms with Gasteiger partial charge in [0, 0.05) is 17.1 Å². The van der Waals surface area contributed by atoms with Crippen LogP contribution in [0.25, 0.3) is 0 Å². The minimum absolute atomic E-state index is 0.642. The lowest BCUT2D eigenvalue weighted by atomic mass is 10.0. The van der Waals surface area contributed by atoms with Crippen LogP contribution in [0.3, 0.4) is 0 Å². The summed E-state index contributed by atoms with van der Waals surface area (Å²) in [6, 6.07) is 9.22. The zero-order chi connectivity index (χ0) is 12.1. The van der Waals surface area contributed by atoms with Gasteiger partial charge in [-0.05, 0) is 44.0 Å². The summed E-state index contributed by atoms with van der Waals surface area (Å²) in [5.41, 5.74) is 1.38. The van der Waals surface area contributed by atoms with Crippen LogP contribution < -0.4 is 0 Å². The first-order valence-corrected chi connectivity index (χ1v) is 6.73. The number of hydrogen-bond donors (Lipinski definition) is 0. The smallest absolute Gasteiger partial charge is 0.0233 e. The van der Waals surface area contributed by atoms with Gasteiger partial charge in [0.1, 0.15) is 0 Å². The van der Waals surface area contributed by atoms with Gasteiger partial charge in [0.05, 0.1) is 0 Å². The summed E-state index contributed by atoms with van der Waals surface area (Å²) in [5, 5.41) is 0. The van der Waals surface area contributed by atoms with E-state index in [1.54, 1.807) is 0 Å². The molecule has 0 saturated heterocycles. The van der Waals surface area contributed by atoms with Gasteiger partial charge in [-0.2, -0.15) is 0 Å². The third-order valence-electron chi connectivity index (χ3n) is 2.91. The van der Waals surface area contributed by atoms with Crippen LogP contribution in [0.5, 0.6) is 0 Å². The van der Waals surface area contributed by atoms with E-state index in [1.165, 1.54) is 12.0 Å². The van der Waals surface area contributed by atoms with E-state index in [9.17, 15) is 0 Å². The van der Waals surface area contributed by atoms with Gasteiger partial charge in [-0.15, -0.1) is 0 Å². The normalized spacial score (nSPS) is 13.4. The molecule has 0 aliphatic rings. The van der Waals surface area contributed by atoms with Crippen molar-refractivity contribution in [3.05, 3.63) is 34.3 Å². The Balaban J connectivity index is 2.50. The highest BCUT2D eigenvalue weighted by Crippen LogP contribution is 2.15. The maximum absolute atomic E-state index is 3.46. The molecule has 0 saturated carbocycles. The summed E-state index contributed by atoms with van der Waals surface area (Å²) >= 11 is 3.46. The minimum atomic E-state index is 0.642. The van der Waals surface area contributed by atoms with Gasteiger partial charge in [-0.3, -0.25) is 4.90 Å². The third kappa shape index (κ3) is 4.67. The van der Waals surface area contributed by atoms with Crippen molar-refractivity contribution >= 4 is 15.9 Å². The Labute approximate surface area is 108 Å². The first kappa shape index (κ1) is 13.7. The first-order valence-electron chi connectivity index (χ1n) is 5.93. The molecule has 0 fully saturated rings. The van der Waals surface area contributed by atoms with E-state index in [-0.39, 0.29) is 0 Å². The molecule has 1 atom stereocenters. The van der Waals surface area contributed by atoms with Gasteiger partial charge in [-0.1, -0.05) is 41.9 Å². The maximum atomic E-state index is 3.46. The quantitative estimate of drug-likeness (QED) is 0.778. The molecule has 1 rings (SSSR count). The predicted molar refractivity (Wildman–Crippen MR) is 74.5 cm³/mol. The second-order valence-corrected chi connectivity index (χ2v) is 5.94. The molecule has 1 unspecified atom stereocenters. The van der Waals surface area contributed by atoms with Crippen molar-refractivity contribution in [1.82, 2.24) is 4.90 Å². The second-order valence-electron chi connectivity index (χ2n) is 5.02. The van der Waals surface area contributed by atoms with Gasteiger partial charge in [0.25, 0.3) is 0 Å². The van der Waals surface area contributed by atoms with Crippen molar-refractivity contribution in [2.45, 2.75) is 39.8 Å². The average Bonchev–Trinajstić information content (AvgIpc) is 2.20. The summed E-state index contributed by atoms with van der Waals surface area (Å²) < 4.78 is 1.15. The van der Waals surface area contributed by atoms with Crippen LogP contribution in [0.2, 0.25) is 0 Å². The zero-order valence-electron chi connectivity index (χ0n) is 10.7. The molecule has 90 valence electrons. The molecule has 0 radical (unpaired) electrons. The van der Waals surface area contributed by atoms with Crippen molar-refractivity contribution in [2.24, 2.45) is 5.92 Å². The molecule has 1 aromatic carbocycles. The van der Waals surface area contributed by atoms with Crippen molar-refractivity contribution in [3.63, 3.8) is 0 Å². The van der Waals surface area contributed by atoms with Crippen molar-refractivity contribution in [1.29, 1.82) is 0 Å². The molecule has 0 spiro atoms. The van der Waals surface area contributed by atoms with E-state index in [0.29, 0.717) is 6.04 Å². The summed E-state index contributed by atoms with van der Waals surface area (Å²) in [7, 11) is 2.20. The van der Waals surface area contributed by atoms with Crippen LogP contribution in [0.4, 0.5) is 0 Å². The molecule has 0 amide bonds. The van der Waals surface area contributed by atoms with Crippen LogP contribution >= 0.6 is 15.9 Å². The first-order chi connectivity index (χ1) is 7.49. The SMILES string of the molecule is CC(C)CC(C)N(C)Cc1ccc(Br)cc1. The highest BCUT2D eigenvalue weighted by atomic mass is 79.9. The van der Waals surface area contributed by atoms with Crippen LogP contribution in [0.15, 0.2) is 28.7 Å². The van der Waals surface area contributed by atoms with Crippen LogP contribution in [0, 0.1) is 5.92 Å². The summed E-state index contributed by atoms with van der Waals surface area (Å²) in [6.07, 6.45) is 1.26. The molecule has 0 aliphatic carbocycles. The van der Waals surface area contributed by atoms with E-state index < -0.39 is 0 Å². The summed E-state index contributed by atoms with van der Waals surface area (Å²) in [6.45, 7) is 7.90. The lowest BCUT2D eigenvalue weighted by Crippen LogP contribution is -2.29. The molecular formula is C14H22BrN. The number of halogens is 1. The van der Waals surface area contributed by atoms with Crippen LogP contribution in [-0.2, 0) is 6.54 Å². The number of hydrogen-bond acceptors (Lipinski definition) is 1. The monoisotopic (exact) mass is 283 g/mol. The van der Waals surface area contributed by atoms with Gasteiger partial charge < -0.3 is 0 Å². The highest BCUT2D eigenvalue weighted by molar-refractivity contribution is 9.10. The van der Waals surface area contributed by atoms with Crippen LogP contribution in [-0.4, -0.2) is 18.0 Å². The standard InChI is InChI=1S/C14H22BrN/c1-11(2)9-12(3)16(4)10-13-5-7-14(15)8-6-13/h5-8,11-12H,9-10H2,1-4H3. The molecule has 0 heterocycles. The molecule has 0 bridgehead atoms. The molecule has 1 aromatic rings. The van der Waals surface area contributed by atoms with Gasteiger partial charge in [0.2, 0.25) is 0 Å². The maximum Gasteiger partial charge on any atom is 0.0233 e. The molecule has 1 nitrogen and oxygen atoms in total. The predicted octanol–water partition coefficient (Wildman–Crippen LogP) is 4.32. The van der Waals surface area contributed by atoms with Gasteiger partial charge in [0.15, 0.2) is 0 Å². The molecular weight excluding hydrogens is 262 g/mol. The van der Waals surface area contributed by atoms with E-state index >= 15 is 0 Å². The Hall–Kier alpha value is -0.340. The number of benzene rings is 1. The third-order valence-corrected chi connectivity index (χ3v) is 3.44. The van der Waals surface area contributed by atoms with Gasteiger partial charge in [-0.25, -0.2) is 0 Å². The van der Waals surface area contributed by atoms with Crippen molar-refractivity contribution in [3.8, 4) is 0 Å². The second kappa shape index (κ2) is 6.41. The molecule has 2 heteroatoms. The van der Waals surface area contributed by atoms with E-state index in [2.05, 4.69) is 72.9 Å². The highest BCUT2D eigenvalue weighted by Gasteiger charge is 2.10. The molecule has 0 N–H and O–H groups in total. The molecule has 0 aliphatic heterocycles. The van der Waals surface area contributed by atoms with E-state index in [0.717, 1.165) is 16.9 Å². The topological polar surface area (TPSA) is 3.24 Å². The van der Waals surface area contributed by atoms with E-state index in [4.69, 9.17) is 0 Å². The van der Waals surface area contributed by atoms with Gasteiger partial charge >= 0.3 is 0 Å². The summed E-state index contributed by atoms with van der Waals surface area (Å²) in [4.78, 5) is 2.42. The summed E-state index contributed by atoms with van der Waals surface area (Å²) in [5.74, 6) is 0.766. The lowest BCUT2D eigenvalue weighted by molar-refractivity contribution is 0.220. The Bertz CT molecular complexity index is 305. The minimum Gasteiger partial charge on any atom is -0.299 e. The van der Waals surface area contributed by atoms with Crippen molar-refractivity contribution < 1.29 is 0 Å². The molecule has 0 aromatic heterocycles. The molecule has 16 heavy (non-hydrogen) atoms. The zero-order valence-corrected chi connectivity index (χ0v) is 12.3. The number of nitrogens with zero attached hydrogens (tertiary/aromatic N) is 1. The van der Waals surface area contributed by atoms with E-state index in [1.807, 2.05) is 0 Å². The fourth-order valence-electron chi connectivity index (χ4n) is 1.90. The Morgan fingerprint density at radius 3 is 2.19 bits per heavy atom. The Morgan fingerprint density at radius 2 is 1.69 bits per heavy atom. The fourth-order valence-corrected chi connectivity index (χ4v) is 2.16. The van der Waals surface area contributed by atoms with Crippen LogP contribution in [0.1, 0.15) is 32.8 Å². The Kier molecular flexibility index (Phi) is 5.50. The Morgan fingerprint density at radius 1 is 1.12 bits per heavy atom. The number of rotatable bonds is 5. The largest absolute Gasteiger partial charge is 0.299 e. The fraction of sp³-hybridized carbons (Fsp3) is 0.571. The lowest BCUT2D eigenvalue weighted by Gasteiger charge is -2.26.